The zero-order valence-electron chi connectivity index (χ0n) is 11.3. The Balaban J connectivity index is 2.03. The van der Waals surface area contributed by atoms with Gasteiger partial charge in [0.25, 0.3) is 0 Å². The molecule has 0 aromatic heterocycles. The van der Waals surface area contributed by atoms with Crippen LogP contribution in [-0.2, 0) is 4.79 Å². The van der Waals surface area contributed by atoms with E-state index in [1.54, 1.807) is 6.08 Å². The highest BCUT2D eigenvalue weighted by Gasteiger charge is 2.68. The number of carbonyl (C=O) groups is 1. The standard InChI is InChI=1S/C15H22O3/c1-8-11(17)6-10-12(8)13-9(14(13,2)7-16)4-5-15(10,3)18/h6,8-9,12-13,16,18H,4-5,7H2,1-3H3/t8-,9+,12-,13+,14+,15-/m0/s1. The Labute approximate surface area is 108 Å². The molecule has 0 amide bonds. The van der Waals surface area contributed by atoms with Crippen LogP contribution in [0.3, 0.4) is 0 Å². The fraction of sp³-hybridized carbons (Fsp3) is 0.800. The van der Waals surface area contributed by atoms with Gasteiger partial charge in [-0.25, -0.2) is 0 Å². The van der Waals surface area contributed by atoms with E-state index in [2.05, 4.69) is 6.92 Å². The van der Waals surface area contributed by atoms with Crippen LogP contribution in [0.4, 0.5) is 0 Å². The molecule has 0 unspecified atom stereocenters. The average molecular weight is 250 g/mol. The maximum atomic E-state index is 12.0. The quantitative estimate of drug-likeness (QED) is 0.742. The van der Waals surface area contributed by atoms with Crippen LogP contribution in [-0.4, -0.2) is 28.2 Å². The Morgan fingerprint density at radius 2 is 2.11 bits per heavy atom. The van der Waals surface area contributed by atoms with Crippen molar-refractivity contribution in [3.8, 4) is 0 Å². The van der Waals surface area contributed by atoms with Crippen molar-refractivity contribution >= 4 is 5.78 Å². The molecule has 0 heterocycles. The Kier molecular flexibility index (Phi) is 2.37. The zero-order chi connectivity index (χ0) is 13.3. The number of fused-ring (bicyclic) bond motifs is 3. The lowest BCUT2D eigenvalue weighted by Crippen LogP contribution is -2.32. The number of allylic oxidation sites excluding steroid dienone is 1. The number of rotatable bonds is 1. The van der Waals surface area contributed by atoms with E-state index in [0.29, 0.717) is 18.3 Å². The van der Waals surface area contributed by atoms with Crippen molar-refractivity contribution in [2.75, 3.05) is 6.61 Å². The molecule has 2 fully saturated rings. The smallest absolute Gasteiger partial charge is 0.159 e. The van der Waals surface area contributed by atoms with Crippen LogP contribution >= 0.6 is 0 Å². The second kappa shape index (κ2) is 3.45. The summed E-state index contributed by atoms with van der Waals surface area (Å²) in [5, 5.41) is 20.2. The molecule has 0 aliphatic heterocycles. The largest absolute Gasteiger partial charge is 0.396 e. The molecule has 3 aliphatic rings. The molecule has 0 radical (unpaired) electrons. The van der Waals surface area contributed by atoms with Crippen LogP contribution in [0.25, 0.3) is 0 Å². The van der Waals surface area contributed by atoms with Crippen LogP contribution in [0.15, 0.2) is 11.6 Å². The van der Waals surface area contributed by atoms with E-state index in [1.807, 2.05) is 13.8 Å². The predicted octanol–water partition coefficient (Wildman–Crippen LogP) is 1.54. The number of aliphatic hydroxyl groups excluding tert-OH is 1. The first-order valence-corrected chi connectivity index (χ1v) is 6.92. The topological polar surface area (TPSA) is 57.5 Å². The SMILES string of the molecule is C[C@H]1C(=O)C=C2[C@H]1[C@H]1[C@@H](CC[C@]2(C)O)[C@@]1(C)CO. The molecule has 0 aromatic rings. The first-order chi connectivity index (χ1) is 8.33. The molecule has 3 heteroatoms. The lowest BCUT2D eigenvalue weighted by molar-refractivity contribution is -0.118. The molecule has 0 saturated heterocycles. The molecule has 2 N–H and O–H groups in total. The second-order valence-electron chi connectivity index (χ2n) is 6.93. The summed E-state index contributed by atoms with van der Waals surface area (Å²) in [7, 11) is 0. The summed E-state index contributed by atoms with van der Waals surface area (Å²) in [5.41, 5.74) is 0.0401. The lowest BCUT2D eigenvalue weighted by Gasteiger charge is -2.31. The monoisotopic (exact) mass is 250 g/mol. The number of hydrogen-bond donors (Lipinski definition) is 2. The van der Waals surface area contributed by atoms with Crippen molar-refractivity contribution in [2.24, 2.45) is 29.1 Å². The van der Waals surface area contributed by atoms with Gasteiger partial charge in [0, 0.05) is 12.5 Å². The highest BCUT2D eigenvalue weighted by molar-refractivity contribution is 5.96. The molecule has 100 valence electrons. The van der Waals surface area contributed by atoms with Crippen LogP contribution in [0, 0.1) is 29.1 Å². The van der Waals surface area contributed by atoms with Gasteiger partial charge in [-0.3, -0.25) is 4.79 Å². The molecule has 0 bridgehead atoms. The van der Waals surface area contributed by atoms with Gasteiger partial charge in [0.15, 0.2) is 5.78 Å². The summed E-state index contributed by atoms with van der Waals surface area (Å²) in [6, 6.07) is 0. The number of ketones is 1. The van der Waals surface area contributed by atoms with Gasteiger partial charge in [-0.15, -0.1) is 0 Å². The molecule has 18 heavy (non-hydrogen) atoms. The number of carbonyl (C=O) groups excluding carboxylic acids is 1. The molecular weight excluding hydrogens is 228 g/mol. The van der Waals surface area contributed by atoms with Crippen LogP contribution in [0.2, 0.25) is 0 Å². The van der Waals surface area contributed by atoms with E-state index in [0.717, 1.165) is 12.0 Å². The maximum Gasteiger partial charge on any atom is 0.159 e. The van der Waals surface area contributed by atoms with Gasteiger partial charge in [0.05, 0.1) is 5.60 Å². The van der Waals surface area contributed by atoms with Gasteiger partial charge in [0.2, 0.25) is 0 Å². The van der Waals surface area contributed by atoms with E-state index >= 15 is 0 Å². The summed E-state index contributed by atoms with van der Waals surface area (Å²) in [6.07, 6.45) is 3.32. The van der Waals surface area contributed by atoms with Gasteiger partial charge < -0.3 is 10.2 Å². The van der Waals surface area contributed by atoms with Crippen LogP contribution in [0.1, 0.15) is 33.6 Å². The minimum Gasteiger partial charge on any atom is -0.396 e. The Morgan fingerprint density at radius 3 is 2.72 bits per heavy atom. The predicted molar refractivity (Wildman–Crippen MR) is 67.8 cm³/mol. The third-order valence-corrected chi connectivity index (χ3v) is 5.87. The third kappa shape index (κ3) is 1.35. The van der Waals surface area contributed by atoms with Gasteiger partial charge in [-0.2, -0.15) is 0 Å². The Bertz CT molecular complexity index is 437. The summed E-state index contributed by atoms with van der Waals surface area (Å²) >= 11 is 0. The van der Waals surface area contributed by atoms with Crippen LogP contribution < -0.4 is 0 Å². The van der Waals surface area contributed by atoms with Gasteiger partial charge in [0.1, 0.15) is 0 Å². The van der Waals surface area contributed by atoms with Crippen molar-refractivity contribution in [1.29, 1.82) is 0 Å². The van der Waals surface area contributed by atoms with Crippen LogP contribution in [0.5, 0.6) is 0 Å². The molecule has 3 nitrogen and oxygen atoms in total. The minimum atomic E-state index is -0.838. The third-order valence-electron chi connectivity index (χ3n) is 5.87. The fourth-order valence-electron chi connectivity index (χ4n) is 4.52. The van der Waals surface area contributed by atoms with E-state index in [9.17, 15) is 15.0 Å². The summed E-state index contributed by atoms with van der Waals surface area (Å²) < 4.78 is 0. The van der Waals surface area contributed by atoms with Gasteiger partial charge in [-0.05, 0) is 54.6 Å². The van der Waals surface area contributed by atoms with Crippen molar-refractivity contribution in [2.45, 2.75) is 39.2 Å². The Hall–Kier alpha value is -0.670. The normalized spacial score (nSPS) is 54.5. The van der Waals surface area contributed by atoms with Crippen molar-refractivity contribution in [1.82, 2.24) is 0 Å². The van der Waals surface area contributed by atoms with E-state index in [1.165, 1.54) is 0 Å². The number of hydrogen-bond acceptors (Lipinski definition) is 3. The zero-order valence-corrected chi connectivity index (χ0v) is 11.3. The Morgan fingerprint density at radius 1 is 1.44 bits per heavy atom. The van der Waals surface area contributed by atoms with Gasteiger partial charge in [-0.1, -0.05) is 13.8 Å². The first-order valence-electron chi connectivity index (χ1n) is 6.92. The fourth-order valence-corrected chi connectivity index (χ4v) is 4.52. The molecule has 6 atom stereocenters. The molecule has 3 rings (SSSR count). The van der Waals surface area contributed by atoms with Crippen molar-refractivity contribution < 1.29 is 15.0 Å². The first kappa shape index (κ1) is 12.4. The molecule has 3 aliphatic carbocycles. The lowest BCUT2D eigenvalue weighted by atomic mass is 9.78. The summed E-state index contributed by atoms with van der Waals surface area (Å²) in [4.78, 5) is 12.0. The minimum absolute atomic E-state index is 0.0366. The summed E-state index contributed by atoms with van der Waals surface area (Å²) in [5.74, 6) is 1.06. The molecule has 0 spiro atoms. The van der Waals surface area contributed by atoms with E-state index < -0.39 is 5.60 Å². The molecular formula is C15H22O3. The van der Waals surface area contributed by atoms with E-state index in [-0.39, 0.29) is 29.6 Å². The van der Waals surface area contributed by atoms with E-state index in [4.69, 9.17) is 0 Å². The average Bonchev–Trinajstić information content (AvgIpc) is 2.82. The number of aliphatic hydroxyl groups is 2. The maximum absolute atomic E-state index is 12.0. The highest BCUT2D eigenvalue weighted by atomic mass is 16.3. The van der Waals surface area contributed by atoms with Crippen molar-refractivity contribution in [3.63, 3.8) is 0 Å². The van der Waals surface area contributed by atoms with Crippen molar-refractivity contribution in [3.05, 3.63) is 11.6 Å². The highest BCUT2D eigenvalue weighted by Crippen LogP contribution is 2.69. The summed E-state index contributed by atoms with van der Waals surface area (Å²) in [6.45, 7) is 6.11. The van der Waals surface area contributed by atoms with Gasteiger partial charge >= 0.3 is 0 Å². The second-order valence-corrected chi connectivity index (χ2v) is 6.93. The molecule has 2 saturated carbocycles. The molecule has 0 aromatic carbocycles.